The van der Waals surface area contributed by atoms with Crippen LogP contribution in [0.2, 0.25) is 5.04 Å². The van der Waals surface area contributed by atoms with Gasteiger partial charge in [-0.25, -0.2) is 0 Å². The summed E-state index contributed by atoms with van der Waals surface area (Å²) in [6.07, 6.45) is 2.21. The molecule has 5 nitrogen and oxygen atoms in total. The highest BCUT2D eigenvalue weighted by Gasteiger charge is 2.31. The summed E-state index contributed by atoms with van der Waals surface area (Å²) in [4.78, 5) is 10.4. The van der Waals surface area contributed by atoms with Crippen LogP contribution in [0.1, 0.15) is 56.4 Å². The van der Waals surface area contributed by atoms with Crippen LogP contribution in [0.5, 0.6) is 0 Å². The van der Waals surface area contributed by atoms with Gasteiger partial charge in [0.1, 0.15) is 0 Å². The Bertz CT molecular complexity index is 833. The fourth-order valence-electron chi connectivity index (χ4n) is 3.86. The number of hydrogen-bond acceptors (Lipinski definition) is 4. The zero-order valence-corrected chi connectivity index (χ0v) is 18.4. The van der Waals surface area contributed by atoms with Crippen molar-refractivity contribution in [2.45, 2.75) is 69.3 Å². The molecule has 3 atom stereocenters. The topological polar surface area (TPSA) is 75.4 Å². The fraction of sp³-hybridized carbons (Fsp3) is 0.478. The quantitative estimate of drug-likeness (QED) is 0.403. The van der Waals surface area contributed by atoms with Crippen LogP contribution in [-0.4, -0.2) is 31.6 Å². The maximum Gasteiger partial charge on any atom is 0.269 e. The number of rotatable bonds is 7. The molecule has 29 heavy (non-hydrogen) atoms. The third-order valence-corrected chi connectivity index (χ3v) is 7.09. The zero-order chi connectivity index (χ0) is 21.0. The molecule has 2 aromatic carbocycles. The van der Waals surface area contributed by atoms with Crippen LogP contribution in [0.25, 0.3) is 0 Å². The Kier molecular flexibility index (Phi) is 6.88. The van der Waals surface area contributed by atoms with Crippen molar-refractivity contribution in [3.63, 3.8) is 0 Å². The molecule has 1 heterocycles. The summed E-state index contributed by atoms with van der Waals surface area (Å²) in [5.74, 6) is 0. The van der Waals surface area contributed by atoms with Gasteiger partial charge in [0.05, 0.1) is 11.0 Å². The first-order valence-corrected chi connectivity index (χ1v) is 11.4. The van der Waals surface area contributed by atoms with Gasteiger partial charge in [0, 0.05) is 33.7 Å². The summed E-state index contributed by atoms with van der Waals surface area (Å²) in [5, 5.41) is 25.8. The number of hydrogen-bond donors (Lipinski definition) is 2. The van der Waals surface area contributed by atoms with Gasteiger partial charge in [-0.15, -0.1) is 0 Å². The van der Waals surface area contributed by atoms with Gasteiger partial charge >= 0.3 is 0 Å². The third kappa shape index (κ3) is 5.98. The normalized spacial score (nSPS) is 20.6. The molecule has 0 bridgehead atoms. The second-order valence-corrected chi connectivity index (χ2v) is 11.1. The van der Waals surface area contributed by atoms with E-state index in [1.165, 1.54) is 5.56 Å². The minimum atomic E-state index is -0.516. The fourth-order valence-corrected chi connectivity index (χ4v) is 4.90. The lowest BCUT2D eigenvalue weighted by molar-refractivity contribution is -0.384. The first-order chi connectivity index (χ1) is 13.7. The first kappa shape index (κ1) is 21.7. The highest BCUT2D eigenvalue weighted by atomic mass is 28.2. The van der Waals surface area contributed by atoms with Gasteiger partial charge in [0.15, 0.2) is 0 Å². The summed E-state index contributed by atoms with van der Waals surface area (Å²) in [7, 11) is 0.812. The number of non-ortho nitro benzene ring substituents is 1. The van der Waals surface area contributed by atoms with Crippen LogP contribution >= 0.6 is 0 Å². The third-order valence-electron chi connectivity index (χ3n) is 5.47. The van der Waals surface area contributed by atoms with E-state index < -0.39 is 6.10 Å². The van der Waals surface area contributed by atoms with Crippen LogP contribution < -0.4 is 5.32 Å². The number of nitro groups is 1. The molecule has 1 aliphatic rings. The lowest BCUT2D eigenvalue weighted by atomic mass is 9.97. The number of aliphatic hydroxyl groups excluding tert-OH is 1. The van der Waals surface area contributed by atoms with Crippen LogP contribution in [0.3, 0.4) is 0 Å². The van der Waals surface area contributed by atoms with Gasteiger partial charge in [0.25, 0.3) is 5.69 Å². The lowest BCUT2D eigenvalue weighted by Crippen LogP contribution is -2.35. The van der Waals surface area contributed by atoms with Gasteiger partial charge in [-0.05, 0) is 47.0 Å². The summed E-state index contributed by atoms with van der Waals surface area (Å²) < 4.78 is 0. The van der Waals surface area contributed by atoms with E-state index in [1.807, 2.05) is 18.2 Å². The first-order valence-electron chi connectivity index (χ1n) is 10.2. The molecule has 0 aliphatic carbocycles. The molecular formula is C23H30N2O3Si. The molecule has 0 saturated carbocycles. The van der Waals surface area contributed by atoms with Crippen molar-refractivity contribution in [2.75, 3.05) is 0 Å². The van der Waals surface area contributed by atoms with Crippen LogP contribution in [-0.2, 0) is 12.5 Å². The SMILES string of the molecule is CC(C)(C)[Si]Cc1ccccc1[C@@H](O)[C@H]1CC[C@@H](Cc2ccc([N+](=O)[O-])cc2)N1. The van der Waals surface area contributed by atoms with Crippen LogP contribution in [0, 0.1) is 10.1 Å². The van der Waals surface area contributed by atoms with Gasteiger partial charge in [-0.1, -0.05) is 57.2 Å². The molecule has 2 radical (unpaired) electrons. The molecular weight excluding hydrogens is 380 g/mol. The molecule has 154 valence electrons. The highest BCUT2D eigenvalue weighted by Crippen LogP contribution is 2.30. The Morgan fingerprint density at radius 3 is 2.52 bits per heavy atom. The molecule has 2 aromatic rings. The van der Waals surface area contributed by atoms with E-state index in [2.05, 4.69) is 44.3 Å². The predicted octanol–water partition coefficient (Wildman–Crippen LogP) is 4.41. The number of aliphatic hydroxyl groups is 1. The summed E-state index contributed by atoms with van der Waals surface area (Å²) in [6, 6.07) is 16.3. The molecule has 6 heteroatoms. The van der Waals surface area contributed by atoms with E-state index in [1.54, 1.807) is 12.1 Å². The molecule has 0 amide bonds. The molecule has 0 spiro atoms. The average molecular weight is 411 g/mol. The van der Waals surface area contributed by atoms with Crippen molar-refractivity contribution in [2.24, 2.45) is 0 Å². The van der Waals surface area contributed by atoms with Crippen molar-refractivity contribution in [1.82, 2.24) is 5.32 Å². The molecule has 1 saturated heterocycles. The molecule has 0 unspecified atom stereocenters. The lowest BCUT2D eigenvalue weighted by Gasteiger charge is -2.24. The molecule has 3 rings (SSSR count). The van der Waals surface area contributed by atoms with E-state index in [9.17, 15) is 15.2 Å². The Labute approximate surface area is 175 Å². The van der Waals surface area contributed by atoms with Gasteiger partial charge in [-0.3, -0.25) is 10.1 Å². The van der Waals surface area contributed by atoms with Crippen LogP contribution in [0.4, 0.5) is 5.69 Å². The van der Waals surface area contributed by atoms with Crippen molar-refractivity contribution >= 4 is 15.2 Å². The summed E-state index contributed by atoms with van der Waals surface area (Å²) >= 11 is 0. The maximum atomic E-state index is 11.1. The Balaban J connectivity index is 1.62. The van der Waals surface area contributed by atoms with Gasteiger partial charge in [0.2, 0.25) is 0 Å². The smallest absolute Gasteiger partial charge is 0.269 e. The predicted molar refractivity (Wildman–Crippen MR) is 117 cm³/mol. The maximum absolute atomic E-state index is 11.1. The van der Waals surface area contributed by atoms with Crippen molar-refractivity contribution in [3.05, 3.63) is 75.3 Å². The van der Waals surface area contributed by atoms with E-state index in [4.69, 9.17) is 0 Å². The second-order valence-electron chi connectivity index (χ2n) is 8.92. The Hall–Kier alpha value is -2.02. The zero-order valence-electron chi connectivity index (χ0n) is 17.4. The molecule has 2 N–H and O–H groups in total. The van der Waals surface area contributed by atoms with Crippen molar-refractivity contribution in [3.8, 4) is 0 Å². The number of nitrogens with one attached hydrogen (secondary N) is 1. The summed E-state index contributed by atoms with van der Waals surface area (Å²) in [6.45, 7) is 6.77. The van der Waals surface area contributed by atoms with E-state index >= 15 is 0 Å². The number of nitrogens with zero attached hydrogens (tertiary/aromatic N) is 1. The molecule has 1 fully saturated rings. The Morgan fingerprint density at radius 2 is 1.86 bits per heavy atom. The standard InChI is InChI=1S/C23H30N2O3Si/c1-23(2,3)29-15-17-6-4-5-7-20(17)22(26)21-13-10-18(24-21)14-16-8-11-19(12-9-16)25(27)28/h4-9,11-12,18,21-22,24,26H,10,13-15H2,1-3H3/t18-,21+,22+/m0/s1. The molecule has 0 aromatic heterocycles. The number of nitro benzene ring substituents is 1. The molecule has 1 aliphatic heterocycles. The summed E-state index contributed by atoms with van der Waals surface area (Å²) in [5.41, 5.74) is 3.48. The average Bonchev–Trinajstić information content (AvgIpc) is 3.14. The van der Waals surface area contributed by atoms with E-state index in [0.717, 1.165) is 46.0 Å². The van der Waals surface area contributed by atoms with Crippen molar-refractivity contribution < 1.29 is 10.0 Å². The van der Waals surface area contributed by atoms with Gasteiger partial charge < -0.3 is 10.4 Å². The highest BCUT2D eigenvalue weighted by molar-refractivity contribution is 6.39. The van der Waals surface area contributed by atoms with E-state index in [-0.39, 0.29) is 22.7 Å². The van der Waals surface area contributed by atoms with Crippen LogP contribution in [0.15, 0.2) is 48.5 Å². The Morgan fingerprint density at radius 1 is 1.17 bits per heavy atom. The van der Waals surface area contributed by atoms with E-state index in [0.29, 0.717) is 5.04 Å². The van der Waals surface area contributed by atoms with Crippen molar-refractivity contribution in [1.29, 1.82) is 0 Å². The minimum absolute atomic E-state index is 0.0390. The number of benzene rings is 2. The largest absolute Gasteiger partial charge is 0.387 e. The minimum Gasteiger partial charge on any atom is -0.387 e. The monoisotopic (exact) mass is 410 g/mol. The second kappa shape index (κ2) is 9.20. The van der Waals surface area contributed by atoms with Gasteiger partial charge in [-0.2, -0.15) is 0 Å².